The summed E-state index contributed by atoms with van der Waals surface area (Å²) in [5.41, 5.74) is 0.883. The fourth-order valence-corrected chi connectivity index (χ4v) is 3.31. The van der Waals surface area contributed by atoms with E-state index in [9.17, 15) is 13.6 Å². The Kier molecular flexibility index (Phi) is 5.13. The smallest absolute Gasteiger partial charge is 0.388 e. The quantitative estimate of drug-likeness (QED) is 0.863. The van der Waals surface area contributed by atoms with Crippen molar-refractivity contribution in [3.8, 4) is 5.88 Å². The van der Waals surface area contributed by atoms with Crippen LogP contribution in [0.15, 0.2) is 18.3 Å². The Morgan fingerprint density at radius 2 is 2.33 bits per heavy atom. The largest absolute Gasteiger partial charge is 0.417 e. The minimum absolute atomic E-state index is 0.00854. The molecule has 0 unspecified atom stereocenters. The molecule has 1 aliphatic carbocycles. The molecule has 2 heterocycles. The van der Waals surface area contributed by atoms with Gasteiger partial charge in [0.15, 0.2) is 0 Å². The van der Waals surface area contributed by atoms with Crippen LogP contribution in [0, 0.1) is 5.41 Å². The third kappa shape index (κ3) is 4.31. The van der Waals surface area contributed by atoms with Gasteiger partial charge < -0.3 is 20.1 Å². The number of amides is 2. The van der Waals surface area contributed by atoms with Gasteiger partial charge in [0.1, 0.15) is 0 Å². The Balaban J connectivity index is 1.45. The second-order valence-corrected chi connectivity index (χ2v) is 6.48. The second-order valence-electron chi connectivity index (χ2n) is 6.48. The highest BCUT2D eigenvalue weighted by Crippen LogP contribution is 2.46. The van der Waals surface area contributed by atoms with E-state index < -0.39 is 6.61 Å². The maximum absolute atomic E-state index is 12.2. The summed E-state index contributed by atoms with van der Waals surface area (Å²) in [6.07, 6.45) is 5.87. The third-order valence-electron chi connectivity index (χ3n) is 4.62. The minimum atomic E-state index is -2.92. The molecule has 8 heteroatoms. The summed E-state index contributed by atoms with van der Waals surface area (Å²) < 4.78 is 34.2. The van der Waals surface area contributed by atoms with Crippen LogP contribution in [0.1, 0.15) is 31.2 Å². The molecule has 1 aliphatic heterocycles. The summed E-state index contributed by atoms with van der Waals surface area (Å²) in [6, 6.07) is 2.72. The van der Waals surface area contributed by atoms with Crippen molar-refractivity contribution >= 4 is 6.03 Å². The Morgan fingerprint density at radius 1 is 1.50 bits per heavy atom. The van der Waals surface area contributed by atoms with Crippen molar-refractivity contribution in [2.75, 3.05) is 13.2 Å². The molecule has 3 rings (SSSR count). The van der Waals surface area contributed by atoms with Gasteiger partial charge in [-0.2, -0.15) is 8.78 Å². The molecular formula is C16H21F2N3O3. The average molecular weight is 341 g/mol. The van der Waals surface area contributed by atoms with E-state index >= 15 is 0 Å². The lowest BCUT2D eigenvalue weighted by Gasteiger charge is -2.47. The van der Waals surface area contributed by atoms with Crippen molar-refractivity contribution < 1.29 is 23.0 Å². The summed E-state index contributed by atoms with van der Waals surface area (Å²) >= 11 is 0. The number of nitrogens with one attached hydrogen (secondary N) is 2. The number of aromatic nitrogens is 1. The molecule has 1 aromatic heterocycles. The summed E-state index contributed by atoms with van der Waals surface area (Å²) in [7, 11) is 0. The number of pyridine rings is 1. The molecule has 6 nitrogen and oxygen atoms in total. The van der Waals surface area contributed by atoms with E-state index in [4.69, 9.17) is 4.74 Å². The average Bonchev–Trinajstić information content (AvgIpc) is 2.51. The Morgan fingerprint density at radius 3 is 3.04 bits per heavy atom. The zero-order valence-electron chi connectivity index (χ0n) is 13.3. The van der Waals surface area contributed by atoms with E-state index in [1.54, 1.807) is 6.07 Å². The number of hydrogen-bond donors (Lipinski definition) is 2. The number of ether oxygens (including phenoxy) is 2. The predicted molar refractivity (Wildman–Crippen MR) is 81.7 cm³/mol. The van der Waals surface area contributed by atoms with Gasteiger partial charge in [0.05, 0.1) is 19.3 Å². The number of carbonyl (C=O) groups is 1. The lowest BCUT2D eigenvalue weighted by molar-refractivity contribution is -0.0667. The van der Waals surface area contributed by atoms with Gasteiger partial charge in [0.25, 0.3) is 0 Å². The van der Waals surface area contributed by atoms with E-state index in [0.29, 0.717) is 12.2 Å². The first-order chi connectivity index (χ1) is 11.5. The molecule has 2 N–H and O–H groups in total. The topological polar surface area (TPSA) is 72.5 Å². The van der Waals surface area contributed by atoms with Crippen molar-refractivity contribution in [2.45, 2.75) is 44.9 Å². The number of carbonyl (C=O) groups excluding carboxylic acids is 1. The summed E-state index contributed by atoms with van der Waals surface area (Å²) in [6.45, 7) is -1.41. The van der Waals surface area contributed by atoms with Crippen LogP contribution in [-0.2, 0) is 11.3 Å². The zero-order valence-corrected chi connectivity index (χ0v) is 13.3. The zero-order chi connectivity index (χ0) is 17.0. The van der Waals surface area contributed by atoms with E-state index in [2.05, 4.69) is 20.4 Å². The molecule has 24 heavy (non-hydrogen) atoms. The van der Waals surface area contributed by atoms with E-state index in [1.165, 1.54) is 18.7 Å². The van der Waals surface area contributed by atoms with Gasteiger partial charge in [-0.05, 0) is 36.3 Å². The number of urea groups is 1. The molecule has 0 aromatic carbocycles. The maximum Gasteiger partial charge on any atom is 0.388 e. The first kappa shape index (κ1) is 16.9. The highest BCUT2D eigenvalue weighted by molar-refractivity contribution is 5.74. The molecule has 0 bridgehead atoms. The molecule has 2 aliphatic rings. The molecule has 132 valence electrons. The Labute approximate surface area is 138 Å². The predicted octanol–water partition coefficient (Wildman–Crippen LogP) is 2.44. The molecule has 1 saturated heterocycles. The summed E-state index contributed by atoms with van der Waals surface area (Å²) in [5.74, 6) is -0.169. The SMILES string of the molecule is O=C(NCc1ccnc(OC(F)F)c1)N[C@@H]1COCC2(CCC2)C1. The summed E-state index contributed by atoms with van der Waals surface area (Å²) in [4.78, 5) is 15.7. The van der Waals surface area contributed by atoms with E-state index in [0.717, 1.165) is 25.9 Å². The molecule has 1 spiro atoms. The van der Waals surface area contributed by atoms with Gasteiger partial charge in [-0.25, -0.2) is 9.78 Å². The first-order valence-electron chi connectivity index (χ1n) is 8.07. The van der Waals surface area contributed by atoms with Crippen molar-refractivity contribution in [1.29, 1.82) is 0 Å². The first-order valence-corrected chi connectivity index (χ1v) is 8.07. The maximum atomic E-state index is 12.2. The summed E-state index contributed by atoms with van der Waals surface area (Å²) in [5, 5.41) is 5.63. The monoisotopic (exact) mass is 341 g/mol. The highest BCUT2D eigenvalue weighted by atomic mass is 19.3. The van der Waals surface area contributed by atoms with Crippen molar-refractivity contribution in [2.24, 2.45) is 5.41 Å². The molecule has 1 aromatic rings. The molecule has 0 radical (unpaired) electrons. The Hall–Kier alpha value is -1.96. The van der Waals surface area contributed by atoms with Crippen LogP contribution in [0.2, 0.25) is 0 Å². The number of rotatable bonds is 5. The molecule has 1 saturated carbocycles. The van der Waals surface area contributed by atoms with Crippen LogP contribution in [0.3, 0.4) is 0 Å². The van der Waals surface area contributed by atoms with Gasteiger partial charge in [-0.1, -0.05) is 6.42 Å². The van der Waals surface area contributed by atoms with Crippen LogP contribution in [0.25, 0.3) is 0 Å². The standard InChI is InChI=1S/C16H21F2N3O3/c17-14(18)24-13-6-11(2-5-19-13)8-20-15(22)21-12-7-16(3-1-4-16)10-23-9-12/h2,5-6,12,14H,1,3-4,7-10H2,(H2,20,21,22)/t12-/m0/s1. The van der Waals surface area contributed by atoms with Crippen molar-refractivity contribution in [1.82, 2.24) is 15.6 Å². The van der Waals surface area contributed by atoms with Crippen molar-refractivity contribution in [3.05, 3.63) is 23.9 Å². The van der Waals surface area contributed by atoms with Gasteiger partial charge >= 0.3 is 12.6 Å². The third-order valence-corrected chi connectivity index (χ3v) is 4.62. The molecule has 2 fully saturated rings. The van der Waals surface area contributed by atoms with E-state index in [-0.39, 0.29) is 29.9 Å². The molecule has 2 amide bonds. The van der Waals surface area contributed by atoms with Crippen molar-refractivity contribution in [3.63, 3.8) is 0 Å². The number of hydrogen-bond acceptors (Lipinski definition) is 4. The van der Waals surface area contributed by atoms with Gasteiger partial charge in [-0.3, -0.25) is 0 Å². The normalized spacial score (nSPS) is 22.0. The number of alkyl halides is 2. The number of nitrogens with zero attached hydrogens (tertiary/aromatic N) is 1. The lowest BCUT2D eigenvalue weighted by atomic mass is 9.65. The van der Waals surface area contributed by atoms with Crippen LogP contribution in [-0.4, -0.2) is 36.9 Å². The van der Waals surface area contributed by atoms with Crippen LogP contribution >= 0.6 is 0 Å². The fraction of sp³-hybridized carbons (Fsp3) is 0.625. The number of halogens is 2. The highest BCUT2D eigenvalue weighted by Gasteiger charge is 2.42. The second kappa shape index (κ2) is 7.29. The molecular weight excluding hydrogens is 320 g/mol. The molecule has 1 atom stereocenters. The van der Waals surface area contributed by atoms with E-state index in [1.807, 2.05) is 0 Å². The fourth-order valence-electron chi connectivity index (χ4n) is 3.31. The van der Waals surface area contributed by atoms with Gasteiger partial charge in [0, 0.05) is 18.8 Å². The van der Waals surface area contributed by atoms with Gasteiger partial charge in [0.2, 0.25) is 5.88 Å². The van der Waals surface area contributed by atoms with Crippen LogP contribution < -0.4 is 15.4 Å². The lowest BCUT2D eigenvalue weighted by Crippen LogP contribution is -2.52. The minimum Gasteiger partial charge on any atom is -0.417 e. The Bertz CT molecular complexity index is 581. The van der Waals surface area contributed by atoms with Crippen LogP contribution in [0.4, 0.5) is 13.6 Å². The van der Waals surface area contributed by atoms with Crippen LogP contribution in [0.5, 0.6) is 5.88 Å². The van der Waals surface area contributed by atoms with Gasteiger partial charge in [-0.15, -0.1) is 0 Å².